The zero-order chi connectivity index (χ0) is 12.0. The van der Waals surface area contributed by atoms with Gasteiger partial charge < -0.3 is 4.57 Å². The molecular formula is C13H23O2P. The molecule has 0 aromatic carbocycles. The normalized spacial score (nSPS) is 39.4. The summed E-state index contributed by atoms with van der Waals surface area (Å²) in [4.78, 5) is 12.5. The Hall–Kier alpha value is -0.100. The SMILES string of the molecule is CC(C)(C)C(=O)P1(=O)C2CCCC1CCC2. The maximum atomic E-state index is 13.2. The molecular weight excluding hydrogens is 219 g/mol. The molecule has 2 bridgehead atoms. The van der Waals surface area contributed by atoms with Crippen LogP contribution in [0.1, 0.15) is 59.3 Å². The molecule has 2 saturated heterocycles. The summed E-state index contributed by atoms with van der Waals surface area (Å²) in [6, 6.07) is 0. The summed E-state index contributed by atoms with van der Waals surface area (Å²) in [5.74, 6) is 0. The maximum Gasteiger partial charge on any atom is 0.197 e. The van der Waals surface area contributed by atoms with E-state index < -0.39 is 12.6 Å². The van der Waals surface area contributed by atoms with Crippen LogP contribution in [-0.2, 0) is 9.36 Å². The lowest BCUT2D eigenvalue weighted by Crippen LogP contribution is -2.36. The van der Waals surface area contributed by atoms with E-state index in [-0.39, 0.29) is 16.8 Å². The highest BCUT2D eigenvalue weighted by molar-refractivity contribution is 7.81. The standard InChI is InChI=1S/C13H23O2P/c1-13(2,3)12(14)16(15)10-6-4-7-11(16)9-5-8-10/h10-11H,4-9H2,1-3H3. The summed E-state index contributed by atoms with van der Waals surface area (Å²) in [5, 5.41) is 0. The Bertz CT molecular complexity index is 314. The molecule has 0 amide bonds. The molecule has 0 unspecified atom stereocenters. The first-order chi connectivity index (χ1) is 7.37. The lowest BCUT2D eigenvalue weighted by molar-refractivity contribution is -0.118. The van der Waals surface area contributed by atoms with Crippen molar-refractivity contribution in [1.82, 2.24) is 0 Å². The Labute approximate surface area is 98.6 Å². The average molecular weight is 242 g/mol. The molecule has 0 spiro atoms. The lowest BCUT2D eigenvalue weighted by Gasteiger charge is -2.43. The van der Waals surface area contributed by atoms with Gasteiger partial charge in [-0.15, -0.1) is 0 Å². The molecule has 92 valence electrons. The van der Waals surface area contributed by atoms with Crippen LogP contribution in [0, 0.1) is 5.41 Å². The van der Waals surface area contributed by atoms with Gasteiger partial charge in [-0.25, -0.2) is 0 Å². The Kier molecular flexibility index (Phi) is 3.07. The minimum atomic E-state index is -2.58. The zero-order valence-corrected chi connectivity index (χ0v) is 11.6. The van der Waals surface area contributed by atoms with Crippen LogP contribution in [0.4, 0.5) is 0 Å². The molecule has 0 radical (unpaired) electrons. The molecule has 2 nitrogen and oxygen atoms in total. The predicted octanol–water partition coefficient (Wildman–Crippen LogP) is 4.03. The van der Waals surface area contributed by atoms with E-state index in [1.54, 1.807) is 0 Å². The van der Waals surface area contributed by atoms with Crippen LogP contribution in [0.2, 0.25) is 0 Å². The number of hydrogen-bond donors (Lipinski definition) is 0. The second-order valence-electron chi connectivity index (χ2n) is 6.43. The van der Waals surface area contributed by atoms with Gasteiger partial charge in [0.2, 0.25) is 0 Å². The fourth-order valence-corrected chi connectivity index (χ4v) is 7.96. The summed E-state index contributed by atoms with van der Waals surface area (Å²) < 4.78 is 13.2. The van der Waals surface area contributed by atoms with E-state index in [1.165, 1.54) is 12.8 Å². The molecule has 2 heterocycles. The van der Waals surface area contributed by atoms with Crippen LogP contribution in [0.25, 0.3) is 0 Å². The van der Waals surface area contributed by atoms with Gasteiger partial charge in [-0.1, -0.05) is 33.6 Å². The minimum Gasteiger partial charge on any atom is -0.315 e. The van der Waals surface area contributed by atoms with Crippen molar-refractivity contribution in [2.45, 2.75) is 70.6 Å². The van der Waals surface area contributed by atoms with Gasteiger partial charge in [-0.05, 0) is 25.7 Å². The summed E-state index contributed by atoms with van der Waals surface area (Å²) in [5.41, 5.74) is 0.105. The van der Waals surface area contributed by atoms with Crippen molar-refractivity contribution in [2.75, 3.05) is 0 Å². The number of carbonyl (C=O) groups excluding carboxylic acids is 1. The van der Waals surface area contributed by atoms with Gasteiger partial charge in [-0.3, -0.25) is 4.79 Å². The van der Waals surface area contributed by atoms with E-state index >= 15 is 0 Å². The summed E-state index contributed by atoms with van der Waals surface area (Å²) >= 11 is 0. The van der Waals surface area contributed by atoms with Crippen molar-refractivity contribution < 1.29 is 9.36 Å². The van der Waals surface area contributed by atoms with Crippen LogP contribution in [0.15, 0.2) is 0 Å². The number of rotatable bonds is 1. The minimum absolute atomic E-state index is 0.0781. The van der Waals surface area contributed by atoms with E-state index in [4.69, 9.17) is 0 Å². The van der Waals surface area contributed by atoms with Gasteiger partial charge in [-0.2, -0.15) is 0 Å². The molecule has 0 N–H and O–H groups in total. The van der Waals surface area contributed by atoms with Crippen molar-refractivity contribution in [1.29, 1.82) is 0 Å². The van der Waals surface area contributed by atoms with Crippen LogP contribution < -0.4 is 0 Å². The van der Waals surface area contributed by atoms with Crippen LogP contribution in [0.3, 0.4) is 0 Å². The molecule has 0 saturated carbocycles. The first kappa shape index (κ1) is 12.4. The highest BCUT2D eigenvalue weighted by atomic mass is 31.2. The van der Waals surface area contributed by atoms with Crippen LogP contribution in [-0.4, -0.2) is 16.8 Å². The topological polar surface area (TPSA) is 34.1 Å². The Morgan fingerprint density at radius 2 is 1.38 bits per heavy atom. The van der Waals surface area contributed by atoms with Gasteiger partial charge >= 0.3 is 0 Å². The van der Waals surface area contributed by atoms with E-state index in [0.29, 0.717) is 0 Å². The Balaban J connectivity index is 2.36. The maximum absolute atomic E-state index is 13.2. The molecule has 3 heteroatoms. The fraction of sp³-hybridized carbons (Fsp3) is 0.923. The third kappa shape index (κ3) is 1.79. The van der Waals surface area contributed by atoms with Crippen molar-refractivity contribution in [3.63, 3.8) is 0 Å². The molecule has 2 aliphatic heterocycles. The van der Waals surface area contributed by atoms with Crippen molar-refractivity contribution in [3.8, 4) is 0 Å². The molecule has 0 atom stereocenters. The molecule has 0 aromatic heterocycles. The third-order valence-corrected chi connectivity index (χ3v) is 8.70. The number of hydrogen-bond acceptors (Lipinski definition) is 2. The van der Waals surface area contributed by atoms with E-state index in [0.717, 1.165) is 25.7 Å². The second-order valence-corrected chi connectivity index (χ2v) is 9.72. The van der Waals surface area contributed by atoms with Crippen LogP contribution in [0.5, 0.6) is 0 Å². The van der Waals surface area contributed by atoms with Crippen molar-refractivity contribution in [3.05, 3.63) is 0 Å². The van der Waals surface area contributed by atoms with Gasteiger partial charge in [0.25, 0.3) is 0 Å². The molecule has 0 aliphatic carbocycles. The smallest absolute Gasteiger partial charge is 0.197 e. The second kappa shape index (κ2) is 3.98. The summed E-state index contributed by atoms with van der Waals surface area (Å²) in [6.45, 7) is 5.75. The molecule has 2 rings (SSSR count). The summed E-state index contributed by atoms with van der Waals surface area (Å²) in [7, 11) is -2.58. The molecule has 0 aromatic rings. The monoisotopic (exact) mass is 242 g/mol. The van der Waals surface area contributed by atoms with Gasteiger partial charge in [0.1, 0.15) is 0 Å². The molecule has 2 fully saturated rings. The van der Waals surface area contributed by atoms with E-state index in [9.17, 15) is 9.36 Å². The van der Waals surface area contributed by atoms with E-state index in [1.807, 2.05) is 20.8 Å². The van der Waals surface area contributed by atoms with E-state index in [2.05, 4.69) is 0 Å². The average Bonchev–Trinajstić information content (AvgIpc) is 2.14. The predicted molar refractivity (Wildman–Crippen MR) is 67.3 cm³/mol. The Morgan fingerprint density at radius 1 is 1.00 bits per heavy atom. The van der Waals surface area contributed by atoms with Gasteiger partial charge in [0.15, 0.2) is 12.7 Å². The first-order valence-corrected chi connectivity index (χ1v) is 8.35. The quantitative estimate of drug-likeness (QED) is 0.650. The van der Waals surface area contributed by atoms with Crippen LogP contribution >= 0.6 is 7.14 Å². The molecule has 2 aliphatic rings. The third-order valence-electron chi connectivity index (χ3n) is 4.19. The van der Waals surface area contributed by atoms with Crippen molar-refractivity contribution in [2.24, 2.45) is 5.41 Å². The highest BCUT2D eigenvalue weighted by Crippen LogP contribution is 2.68. The molecule has 16 heavy (non-hydrogen) atoms. The zero-order valence-electron chi connectivity index (χ0n) is 10.7. The van der Waals surface area contributed by atoms with Gasteiger partial charge in [0.05, 0.1) is 0 Å². The lowest BCUT2D eigenvalue weighted by atomic mass is 9.98. The summed E-state index contributed by atoms with van der Waals surface area (Å²) in [6.07, 6.45) is 6.45. The Morgan fingerprint density at radius 3 is 1.69 bits per heavy atom. The largest absolute Gasteiger partial charge is 0.315 e. The first-order valence-electron chi connectivity index (χ1n) is 6.51. The fourth-order valence-electron chi connectivity index (χ4n) is 3.39. The highest BCUT2D eigenvalue weighted by Gasteiger charge is 2.52. The van der Waals surface area contributed by atoms with Gasteiger partial charge in [0, 0.05) is 16.7 Å². The number of fused-ring (bicyclic) bond motifs is 2. The number of carbonyl (C=O) groups is 1. The van der Waals surface area contributed by atoms with Crippen molar-refractivity contribution >= 4 is 12.7 Å².